The Labute approximate surface area is 165 Å². The number of ether oxygens (including phenoxy) is 1. The van der Waals surface area contributed by atoms with Crippen molar-refractivity contribution in [1.29, 1.82) is 0 Å². The summed E-state index contributed by atoms with van der Waals surface area (Å²) in [4.78, 5) is 0.112. The van der Waals surface area contributed by atoms with Gasteiger partial charge in [0.05, 0.1) is 24.2 Å². The van der Waals surface area contributed by atoms with Crippen molar-refractivity contribution in [2.24, 2.45) is 0 Å². The molecule has 0 aliphatic heterocycles. The van der Waals surface area contributed by atoms with E-state index in [0.29, 0.717) is 11.3 Å². The van der Waals surface area contributed by atoms with Crippen LogP contribution in [0, 0.1) is 19.7 Å². The second-order valence-electron chi connectivity index (χ2n) is 6.61. The van der Waals surface area contributed by atoms with Gasteiger partial charge in [0.2, 0.25) is 0 Å². The number of rotatable bonds is 6. The van der Waals surface area contributed by atoms with Gasteiger partial charge in [-0.15, -0.1) is 0 Å². The van der Waals surface area contributed by atoms with E-state index in [1.54, 1.807) is 31.2 Å². The molecular weight excluding hydrogens is 377 g/mol. The van der Waals surface area contributed by atoms with Crippen LogP contribution in [-0.4, -0.2) is 15.5 Å². The van der Waals surface area contributed by atoms with Crippen molar-refractivity contribution in [2.45, 2.75) is 25.3 Å². The summed E-state index contributed by atoms with van der Waals surface area (Å²) in [5, 5.41) is 0. The molecule has 0 aliphatic rings. The molecule has 0 fully saturated rings. The lowest BCUT2D eigenvalue weighted by Crippen LogP contribution is -2.30. The van der Waals surface area contributed by atoms with Gasteiger partial charge in [-0.25, -0.2) is 12.8 Å². The molecule has 0 heterocycles. The first-order chi connectivity index (χ1) is 13.3. The molecule has 0 unspecified atom stereocenters. The van der Waals surface area contributed by atoms with Crippen LogP contribution in [0.1, 0.15) is 16.7 Å². The van der Waals surface area contributed by atoms with Gasteiger partial charge in [-0.1, -0.05) is 35.9 Å². The predicted molar refractivity (Wildman–Crippen MR) is 109 cm³/mol. The number of methoxy groups -OCH3 is 1. The number of nitrogens with zero attached hydrogens (tertiary/aromatic N) is 1. The molecule has 6 heteroatoms. The smallest absolute Gasteiger partial charge is 0.264 e. The Morgan fingerprint density at radius 2 is 1.57 bits per heavy atom. The number of aryl methyl sites for hydroxylation is 2. The number of hydrogen-bond donors (Lipinski definition) is 0. The van der Waals surface area contributed by atoms with E-state index in [9.17, 15) is 12.8 Å². The third kappa shape index (κ3) is 4.17. The Kier molecular flexibility index (Phi) is 5.70. The van der Waals surface area contributed by atoms with Crippen molar-refractivity contribution in [3.05, 3.63) is 89.2 Å². The molecule has 146 valence electrons. The lowest BCUT2D eigenvalue weighted by molar-refractivity contribution is 0.414. The Balaban J connectivity index is 2.07. The maximum absolute atomic E-state index is 14.2. The highest BCUT2D eigenvalue weighted by molar-refractivity contribution is 7.92. The fraction of sp³-hybridized carbons (Fsp3) is 0.182. The first kappa shape index (κ1) is 19.9. The largest absolute Gasteiger partial charge is 0.497 e. The molecular formula is C22H22FNO3S. The molecule has 0 aliphatic carbocycles. The molecule has 0 bridgehead atoms. The van der Waals surface area contributed by atoms with Crippen LogP contribution in [0.25, 0.3) is 0 Å². The molecule has 0 saturated carbocycles. The van der Waals surface area contributed by atoms with Gasteiger partial charge in [0.25, 0.3) is 10.0 Å². The minimum Gasteiger partial charge on any atom is -0.497 e. The van der Waals surface area contributed by atoms with E-state index in [0.717, 1.165) is 11.1 Å². The topological polar surface area (TPSA) is 46.6 Å². The summed E-state index contributed by atoms with van der Waals surface area (Å²) in [6.07, 6.45) is 0. The van der Waals surface area contributed by atoms with Gasteiger partial charge >= 0.3 is 0 Å². The van der Waals surface area contributed by atoms with Gasteiger partial charge in [0.15, 0.2) is 0 Å². The van der Waals surface area contributed by atoms with Crippen LogP contribution in [-0.2, 0) is 16.6 Å². The molecule has 3 aromatic rings. The Hall–Kier alpha value is -2.86. The number of anilines is 1. The molecule has 0 amide bonds. The van der Waals surface area contributed by atoms with Crippen LogP contribution in [0.4, 0.5) is 10.1 Å². The predicted octanol–water partition coefficient (Wildman–Crippen LogP) is 4.85. The summed E-state index contributed by atoms with van der Waals surface area (Å²) in [5.41, 5.74) is 2.62. The number of sulfonamides is 1. The normalized spacial score (nSPS) is 11.3. The van der Waals surface area contributed by atoms with Crippen LogP contribution in [0.5, 0.6) is 5.75 Å². The maximum Gasteiger partial charge on any atom is 0.264 e. The second-order valence-corrected chi connectivity index (χ2v) is 8.47. The van der Waals surface area contributed by atoms with Crippen molar-refractivity contribution in [1.82, 2.24) is 0 Å². The first-order valence-corrected chi connectivity index (χ1v) is 10.2. The minimum absolute atomic E-state index is 0.0944. The zero-order valence-electron chi connectivity index (χ0n) is 16.0. The van der Waals surface area contributed by atoms with E-state index in [2.05, 4.69) is 0 Å². The van der Waals surface area contributed by atoms with Gasteiger partial charge in [-0.2, -0.15) is 0 Å². The van der Waals surface area contributed by atoms with E-state index < -0.39 is 15.8 Å². The average molecular weight is 399 g/mol. The molecule has 0 saturated heterocycles. The number of hydrogen-bond acceptors (Lipinski definition) is 3. The summed E-state index contributed by atoms with van der Waals surface area (Å²) in [6.45, 7) is 3.70. The highest BCUT2D eigenvalue weighted by Crippen LogP contribution is 2.28. The Morgan fingerprint density at radius 1 is 0.929 bits per heavy atom. The van der Waals surface area contributed by atoms with E-state index in [1.165, 1.54) is 29.6 Å². The summed E-state index contributed by atoms with van der Waals surface area (Å²) in [5.74, 6) is 0.113. The van der Waals surface area contributed by atoms with Crippen LogP contribution in [0.2, 0.25) is 0 Å². The standard InChI is InChI=1S/C22H22FNO3S/c1-16-4-7-18(8-5-16)15-24(19-9-6-17(2)22(23)14-19)28(25,26)21-12-10-20(27-3)11-13-21/h4-14H,15H2,1-3H3. The number of halogens is 1. The summed E-state index contributed by atoms with van der Waals surface area (Å²) >= 11 is 0. The first-order valence-electron chi connectivity index (χ1n) is 8.80. The van der Waals surface area contributed by atoms with Crippen LogP contribution in [0.15, 0.2) is 71.6 Å². The fourth-order valence-electron chi connectivity index (χ4n) is 2.79. The van der Waals surface area contributed by atoms with Crippen molar-refractivity contribution in [3.8, 4) is 5.75 Å². The molecule has 0 aromatic heterocycles. The molecule has 3 rings (SSSR count). The lowest BCUT2D eigenvalue weighted by Gasteiger charge is -2.25. The maximum atomic E-state index is 14.2. The highest BCUT2D eigenvalue weighted by atomic mass is 32.2. The van der Waals surface area contributed by atoms with Gasteiger partial charge < -0.3 is 4.74 Å². The monoisotopic (exact) mass is 399 g/mol. The van der Waals surface area contributed by atoms with Crippen LogP contribution < -0.4 is 9.04 Å². The van der Waals surface area contributed by atoms with Crippen molar-refractivity contribution >= 4 is 15.7 Å². The van der Waals surface area contributed by atoms with Gasteiger partial charge in [0, 0.05) is 0 Å². The van der Waals surface area contributed by atoms with Crippen LogP contribution >= 0.6 is 0 Å². The van der Waals surface area contributed by atoms with E-state index >= 15 is 0 Å². The molecule has 0 spiro atoms. The van der Waals surface area contributed by atoms with E-state index in [1.807, 2.05) is 31.2 Å². The van der Waals surface area contributed by atoms with Crippen molar-refractivity contribution in [3.63, 3.8) is 0 Å². The molecule has 0 atom stereocenters. The minimum atomic E-state index is -3.91. The lowest BCUT2D eigenvalue weighted by atomic mass is 10.1. The van der Waals surface area contributed by atoms with Gasteiger partial charge in [-0.05, 0) is 61.4 Å². The third-order valence-corrected chi connectivity index (χ3v) is 6.33. The quantitative estimate of drug-likeness (QED) is 0.595. The summed E-state index contributed by atoms with van der Waals surface area (Å²) in [6, 6.07) is 18.2. The SMILES string of the molecule is COc1ccc(S(=O)(=O)N(Cc2ccc(C)cc2)c2ccc(C)c(F)c2)cc1. The van der Waals surface area contributed by atoms with Crippen LogP contribution in [0.3, 0.4) is 0 Å². The second kappa shape index (κ2) is 8.02. The fourth-order valence-corrected chi connectivity index (χ4v) is 4.23. The van der Waals surface area contributed by atoms with Gasteiger partial charge in [0.1, 0.15) is 11.6 Å². The zero-order chi connectivity index (χ0) is 20.3. The van der Waals surface area contributed by atoms with E-state index in [4.69, 9.17) is 4.74 Å². The average Bonchev–Trinajstić information content (AvgIpc) is 2.69. The summed E-state index contributed by atoms with van der Waals surface area (Å²) in [7, 11) is -2.39. The van der Waals surface area contributed by atoms with Crippen molar-refractivity contribution in [2.75, 3.05) is 11.4 Å². The van der Waals surface area contributed by atoms with E-state index in [-0.39, 0.29) is 17.1 Å². The number of benzene rings is 3. The van der Waals surface area contributed by atoms with Gasteiger partial charge in [-0.3, -0.25) is 4.31 Å². The Morgan fingerprint density at radius 3 is 2.14 bits per heavy atom. The molecule has 0 N–H and O–H groups in total. The molecule has 3 aromatic carbocycles. The van der Waals surface area contributed by atoms with Crippen molar-refractivity contribution < 1.29 is 17.5 Å². The summed E-state index contributed by atoms with van der Waals surface area (Å²) < 4.78 is 47.2. The Bertz CT molecular complexity index is 1060. The molecule has 28 heavy (non-hydrogen) atoms. The zero-order valence-corrected chi connectivity index (χ0v) is 16.8. The highest BCUT2D eigenvalue weighted by Gasteiger charge is 2.26. The molecule has 0 radical (unpaired) electrons. The third-order valence-electron chi connectivity index (χ3n) is 4.54. The molecule has 4 nitrogen and oxygen atoms in total.